The number of hydrogen-bond donors (Lipinski definition) is 1. The summed E-state index contributed by atoms with van der Waals surface area (Å²) in [4.78, 5) is 22.2. The Balaban J connectivity index is 1.08. The molecule has 0 unspecified atom stereocenters. The van der Waals surface area contributed by atoms with Crippen LogP contribution in [0, 0.1) is 0 Å². The molecular weight excluding hydrogens is 484 g/mol. The van der Waals surface area contributed by atoms with Gasteiger partial charge in [0, 0.05) is 44.8 Å². The minimum atomic E-state index is -0.0243. The average Bonchev–Trinajstić information content (AvgIpc) is 3.38. The second kappa shape index (κ2) is 11.6. The molecule has 8 heteroatoms. The Kier molecular flexibility index (Phi) is 7.87. The van der Waals surface area contributed by atoms with Gasteiger partial charge in [-0.2, -0.15) is 0 Å². The van der Waals surface area contributed by atoms with Gasteiger partial charge in [-0.25, -0.2) is 4.98 Å². The number of aromatic nitrogens is 1. The van der Waals surface area contributed by atoms with Crippen LogP contribution in [-0.4, -0.2) is 69.3 Å². The summed E-state index contributed by atoms with van der Waals surface area (Å²) in [6, 6.07) is 22.2. The number of hydrogen-bond acceptors (Lipinski definition) is 7. The molecule has 4 aromatic rings. The SMILES string of the molecule is COc1ccc2sc(N3CCN(CCNC(=O)c4ccc(Cc5ccccc5)cc4)CC3)nc2c1OC. The van der Waals surface area contributed by atoms with Crippen molar-refractivity contribution < 1.29 is 14.3 Å². The predicted octanol–water partition coefficient (Wildman–Crippen LogP) is 4.46. The smallest absolute Gasteiger partial charge is 0.251 e. The standard InChI is InChI=1S/C29H32N4O3S/c1-35-24-12-13-25-26(27(24)36-2)31-29(37-25)33-18-16-32(17-19-33)15-14-30-28(34)23-10-8-22(9-11-23)20-21-6-4-3-5-7-21/h3-13H,14-20H2,1-2H3,(H,30,34). The molecule has 1 fully saturated rings. The molecule has 192 valence electrons. The second-order valence-electron chi connectivity index (χ2n) is 9.09. The molecule has 5 rings (SSSR count). The fourth-order valence-corrected chi connectivity index (χ4v) is 5.65. The van der Waals surface area contributed by atoms with Crippen LogP contribution in [0.25, 0.3) is 10.2 Å². The van der Waals surface area contributed by atoms with Crippen molar-refractivity contribution >= 4 is 32.6 Å². The molecule has 0 saturated carbocycles. The highest BCUT2D eigenvalue weighted by Gasteiger charge is 2.22. The molecule has 0 atom stereocenters. The van der Waals surface area contributed by atoms with Crippen LogP contribution in [0.15, 0.2) is 66.7 Å². The molecule has 7 nitrogen and oxygen atoms in total. The van der Waals surface area contributed by atoms with Crippen molar-refractivity contribution in [2.24, 2.45) is 0 Å². The zero-order chi connectivity index (χ0) is 25.6. The van der Waals surface area contributed by atoms with Crippen molar-refractivity contribution in [2.75, 3.05) is 58.4 Å². The molecule has 1 aromatic heterocycles. The van der Waals surface area contributed by atoms with E-state index in [9.17, 15) is 4.79 Å². The topological polar surface area (TPSA) is 66.9 Å². The lowest BCUT2D eigenvalue weighted by Gasteiger charge is -2.34. The first kappa shape index (κ1) is 25.0. The molecule has 1 N–H and O–H groups in total. The average molecular weight is 517 g/mol. The van der Waals surface area contributed by atoms with Gasteiger partial charge >= 0.3 is 0 Å². The number of rotatable bonds is 9. The second-order valence-corrected chi connectivity index (χ2v) is 10.1. The van der Waals surface area contributed by atoms with E-state index in [0.717, 1.165) is 54.5 Å². The first-order valence-electron chi connectivity index (χ1n) is 12.5. The number of thiazole rings is 1. The Bertz CT molecular complexity index is 1330. The van der Waals surface area contributed by atoms with E-state index in [1.54, 1.807) is 25.6 Å². The fourth-order valence-electron chi connectivity index (χ4n) is 4.63. The van der Waals surface area contributed by atoms with Gasteiger partial charge in [0.25, 0.3) is 5.91 Å². The van der Waals surface area contributed by atoms with Crippen LogP contribution in [0.3, 0.4) is 0 Å². The van der Waals surface area contributed by atoms with E-state index >= 15 is 0 Å². The highest BCUT2D eigenvalue weighted by molar-refractivity contribution is 7.22. The lowest BCUT2D eigenvalue weighted by atomic mass is 10.0. The minimum Gasteiger partial charge on any atom is -0.493 e. The van der Waals surface area contributed by atoms with E-state index in [1.165, 1.54) is 11.1 Å². The molecule has 0 radical (unpaired) electrons. The molecule has 37 heavy (non-hydrogen) atoms. The quantitative estimate of drug-likeness (QED) is 0.354. The zero-order valence-corrected chi connectivity index (χ0v) is 22.1. The van der Waals surface area contributed by atoms with Crippen molar-refractivity contribution in [2.45, 2.75) is 6.42 Å². The zero-order valence-electron chi connectivity index (χ0n) is 21.3. The maximum atomic E-state index is 12.6. The summed E-state index contributed by atoms with van der Waals surface area (Å²) in [7, 11) is 3.29. The Labute approximate surface area is 221 Å². The maximum absolute atomic E-state index is 12.6. The molecule has 0 aliphatic carbocycles. The van der Waals surface area contributed by atoms with Crippen molar-refractivity contribution in [3.63, 3.8) is 0 Å². The summed E-state index contributed by atoms with van der Waals surface area (Å²) in [5.74, 6) is 1.35. The number of benzene rings is 3. The normalized spacial score (nSPS) is 14.1. The van der Waals surface area contributed by atoms with Gasteiger partial charge in [-0.3, -0.25) is 9.69 Å². The van der Waals surface area contributed by atoms with Crippen LogP contribution < -0.4 is 19.7 Å². The number of carbonyl (C=O) groups excluding carboxylic acids is 1. The van der Waals surface area contributed by atoms with E-state index in [0.29, 0.717) is 23.6 Å². The summed E-state index contributed by atoms with van der Waals surface area (Å²) in [6.07, 6.45) is 0.869. The molecule has 1 aliphatic rings. The van der Waals surface area contributed by atoms with E-state index in [1.807, 2.05) is 54.6 Å². The Morgan fingerprint density at radius 1 is 0.919 bits per heavy atom. The molecule has 3 aromatic carbocycles. The van der Waals surface area contributed by atoms with Crippen molar-refractivity contribution in [3.05, 3.63) is 83.4 Å². The maximum Gasteiger partial charge on any atom is 0.251 e. The highest BCUT2D eigenvalue weighted by atomic mass is 32.1. The fraction of sp³-hybridized carbons (Fsp3) is 0.310. The molecule has 2 heterocycles. The number of anilines is 1. The first-order chi connectivity index (χ1) is 18.1. The third-order valence-electron chi connectivity index (χ3n) is 6.71. The van der Waals surface area contributed by atoms with Crippen LogP contribution in [0.1, 0.15) is 21.5 Å². The van der Waals surface area contributed by atoms with Crippen molar-refractivity contribution in [3.8, 4) is 11.5 Å². The van der Waals surface area contributed by atoms with Crippen molar-refractivity contribution in [1.29, 1.82) is 0 Å². The number of nitrogens with one attached hydrogen (secondary N) is 1. The van der Waals surface area contributed by atoms with Gasteiger partial charge in [-0.1, -0.05) is 53.8 Å². The van der Waals surface area contributed by atoms with Crippen LogP contribution in [0.4, 0.5) is 5.13 Å². The van der Waals surface area contributed by atoms with Crippen LogP contribution in [-0.2, 0) is 6.42 Å². The first-order valence-corrected chi connectivity index (χ1v) is 13.4. The Morgan fingerprint density at radius 2 is 1.65 bits per heavy atom. The van der Waals surface area contributed by atoms with Gasteiger partial charge in [0.2, 0.25) is 0 Å². The van der Waals surface area contributed by atoms with Crippen LogP contribution in [0.5, 0.6) is 11.5 Å². The summed E-state index contributed by atoms with van der Waals surface area (Å²) in [5.41, 5.74) is 4.01. The third kappa shape index (κ3) is 5.87. The van der Waals surface area contributed by atoms with Gasteiger partial charge in [-0.15, -0.1) is 0 Å². The Hall–Kier alpha value is -3.62. The van der Waals surface area contributed by atoms with Crippen LogP contribution in [0.2, 0.25) is 0 Å². The van der Waals surface area contributed by atoms with Gasteiger partial charge in [0.1, 0.15) is 5.52 Å². The monoisotopic (exact) mass is 516 g/mol. The number of carbonyl (C=O) groups is 1. The summed E-state index contributed by atoms with van der Waals surface area (Å²) in [5, 5.41) is 4.07. The van der Waals surface area contributed by atoms with E-state index < -0.39 is 0 Å². The highest BCUT2D eigenvalue weighted by Crippen LogP contribution is 2.40. The van der Waals surface area contributed by atoms with E-state index in [-0.39, 0.29) is 5.91 Å². The van der Waals surface area contributed by atoms with Gasteiger partial charge in [0.05, 0.1) is 18.9 Å². The number of methoxy groups -OCH3 is 2. The molecule has 1 saturated heterocycles. The number of ether oxygens (including phenoxy) is 2. The summed E-state index contributed by atoms with van der Waals surface area (Å²) >= 11 is 1.68. The number of nitrogens with zero attached hydrogens (tertiary/aromatic N) is 3. The number of piperazine rings is 1. The molecule has 1 aliphatic heterocycles. The van der Waals surface area contributed by atoms with Crippen LogP contribution >= 0.6 is 11.3 Å². The largest absolute Gasteiger partial charge is 0.493 e. The summed E-state index contributed by atoms with van der Waals surface area (Å²) in [6.45, 7) is 5.12. The Morgan fingerprint density at radius 3 is 2.35 bits per heavy atom. The van der Waals surface area contributed by atoms with Crippen molar-refractivity contribution in [1.82, 2.24) is 15.2 Å². The van der Waals surface area contributed by atoms with E-state index in [2.05, 4.69) is 27.2 Å². The van der Waals surface area contributed by atoms with Gasteiger partial charge < -0.3 is 19.7 Å². The minimum absolute atomic E-state index is 0.0243. The van der Waals surface area contributed by atoms with E-state index in [4.69, 9.17) is 14.5 Å². The molecule has 1 amide bonds. The molecule has 0 spiro atoms. The predicted molar refractivity (Wildman–Crippen MR) is 149 cm³/mol. The lowest BCUT2D eigenvalue weighted by Crippen LogP contribution is -2.48. The number of amides is 1. The van der Waals surface area contributed by atoms with Gasteiger partial charge in [-0.05, 0) is 41.8 Å². The van der Waals surface area contributed by atoms with Gasteiger partial charge in [0.15, 0.2) is 16.6 Å². The summed E-state index contributed by atoms with van der Waals surface area (Å²) < 4.78 is 12.1. The molecule has 0 bridgehead atoms. The third-order valence-corrected chi connectivity index (χ3v) is 7.80. The molecular formula is C29H32N4O3S. The number of fused-ring (bicyclic) bond motifs is 1. The lowest BCUT2D eigenvalue weighted by molar-refractivity contribution is 0.0948.